The molecule has 0 atom stereocenters. The summed E-state index contributed by atoms with van der Waals surface area (Å²) in [7, 11) is 0. The third-order valence-electron chi connectivity index (χ3n) is 5.23. The second kappa shape index (κ2) is 6.56. The summed E-state index contributed by atoms with van der Waals surface area (Å²) < 4.78 is 0. The summed E-state index contributed by atoms with van der Waals surface area (Å²) in [6, 6.07) is 8.73. The maximum absolute atomic E-state index is 9.24. The lowest BCUT2D eigenvalue weighted by Crippen LogP contribution is -2.34. The summed E-state index contributed by atoms with van der Waals surface area (Å²) in [6.07, 6.45) is 8.59. The highest BCUT2D eigenvalue weighted by molar-refractivity contribution is 5.86. The highest BCUT2D eigenvalue weighted by Crippen LogP contribution is 2.35. The number of nitrogens with one attached hydrogen (secondary N) is 1. The van der Waals surface area contributed by atoms with E-state index >= 15 is 0 Å². The van der Waals surface area contributed by atoms with Crippen molar-refractivity contribution in [1.29, 1.82) is 5.26 Å². The molecule has 1 aliphatic rings. The van der Waals surface area contributed by atoms with Crippen LogP contribution < -0.4 is 4.90 Å². The third-order valence-corrected chi connectivity index (χ3v) is 5.23. The Bertz CT molecular complexity index is 929. The number of aryl methyl sites for hydroxylation is 1. The number of aromatic nitrogens is 3. The number of anilines is 1. The van der Waals surface area contributed by atoms with Crippen LogP contribution in [0, 0.1) is 11.3 Å². The minimum Gasteiger partial charge on any atom is -0.361 e. The number of benzene rings is 1. The largest absolute Gasteiger partial charge is 0.361 e. The minimum absolute atomic E-state index is 0.417. The van der Waals surface area contributed by atoms with Crippen molar-refractivity contribution < 1.29 is 0 Å². The fourth-order valence-electron chi connectivity index (χ4n) is 3.91. The van der Waals surface area contributed by atoms with E-state index in [1.807, 2.05) is 0 Å². The monoisotopic (exact) mass is 331 g/mol. The van der Waals surface area contributed by atoms with E-state index in [4.69, 9.17) is 0 Å². The molecular weight excluding hydrogens is 310 g/mol. The number of hydrogen-bond donors (Lipinski definition) is 1. The summed E-state index contributed by atoms with van der Waals surface area (Å²) in [5.41, 5.74) is 4.49. The zero-order valence-electron chi connectivity index (χ0n) is 14.4. The van der Waals surface area contributed by atoms with Gasteiger partial charge >= 0.3 is 0 Å². The molecule has 1 N–H and O–H groups in total. The Balaban J connectivity index is 1.56. The Kier molecular flexibility index (Phi) is 4.10. The molecule has 25 heavy (non-hydrogen) atoms. The number of rotatable bonds is 3. The summed E-state index contributed by atoms with van der Waals surface area (Å²) in [4.78, 5) is 14.2. The van der Waals surface area contributed by atoms with E-state index in [1.54, 1.807) is 12.4 Å². The first-order chi connectivity index (χ1) is 12.3. The number of nitrogens with zero attached hydrogens (tertiary/aromatic N) is 4. The topological polar surface area (TPSA) is 68.6 Å². The van der Waals surface area contributed by atoms with Gasteiger partial charge in [0.1, 0.15) is 6.07 Å². The van der Waals surface area contributed by atoms with Crippen LogP contribution in [0.15, 0.2) is 36.8 Å². The summed E-state index contributed by atoms with van der Waals surface area (Å²) in [5, 5.41) is 10.6. The zero-order chi connectivity index (χ0) is 17.2. The smallest absolute Gasteiger partial charge is 0.183 e. The highest BCUT2D eigenvalue weighted by atomic mass is 15.2. The van der Waals surface area contributed by atoms with Crippen molar-refractivity contribution in [3.8, 4) is 6.07 Å². The van der Waals surface area contributed by atoms with E-state index in [2.05, 4.69) is 57.2 Å². The Hall–Kier alpha value is -2.87. The van der Waals surface area contributed by atoms with E-state index in [0.717, 1.165) is 38.2 Å². The quantitative estimate of drug-likeness (QED) is 0.793. The van der Waals surface area contributed by atoms with E-state index in [0.29, 0.717) is 11.6 Å². The Morgan fingerprint density at radius 2 is 2.04 bits per heavy atom. The molecule has 0 amide bonds. The molecule has 0 saturated carbocycles. The van der Waals surface area contributed by atoms with Crippen LogP contribution >= 0.6 is 0 Å². The van der Waals surface area contributed by atoms with Crippen molar-refractivity contribution in [3.63, 3.8) is 0 Å². The van der Waals surface area contributed by atoms with Crippen molar-refractivity contribution >= 4 is 16.7 Å². The van der Waals surface area contributed by atoms with Crippen LogP contribution in [-0.4, -0.2) is 28.0 Å². The second-order valence-corrected chi connectivity index (χ2v) is 6.54. The van der Waals surface area contributed by atoms with Crippen LogP contribution in [0.2, 0.25) is 0 Å². The van der Waals surface area contributed by atoms with Crippen molar-refractivity contribution in [2.24, 2.45) is 0 Å². The third kappa shape index (κ3) is 2.74. The van der Waals surface area contributed by atoms with Gasteiger partial charge in [0.2, 0.25) is 0 Å². The number of fused-ring (bicyclic) bond motifs is 1. The fourth-order valence-corrected chi connectivity index (χ4v) is 3.91. The molecule has 1 saturated heterocycles. The molecule has 5 nitrogen and oxygen atoms in total. The standard InChI is InChI=1S/C20H21N5/c1-2-14-4-3-5-16-17(13-24-19(14)16)15-6-10-25(11-7-15)20-18(12-21)22-8-9-23-20/h3-5,8-9,13,15,24H,2,6-7,10-11H2,1H3. The molecule has 0 bridgehead atoms. The van der Waals surface area contributed by atoms with Gasteiger partial charge < -0.3 is 9.88 Å². The fraction of sp³-hybridized carbons (Fsp3) is 0.350. The normalized spacial score (nSPS) is 15.4. The van der Waals surface area contributed by atoms with Gasteiger partial charge in [-0.3, -0.25) is 0 Å². The van der Waals surface area contributed by atoms with Crippen LogP contribution in [-0.2, 0) is 6.42 Å². The molecule has 1 fully saturated rings. The molecule has 2 aromatic heterocycles. The maximum atomic E-state index is 9.24. The summed E-state index contributed by atoms with van der Waals surface area (Å²) in [5.74, 6) is 1.26. The van der Waals surface area contributed by atoms with Crippen molar-refractivity contribution in [2.75, 3.05) is 18.0 Å². The van der Waals surface area contributed by atoms with Crippen molar-refractivity contribution in [3.05, 3.63) is 53.6 Å². The Morgan fingerprint density at radius 3 is 2.80 bits per heavy atom. The molecule has 5 heteroatoms. The van der Waals surface area contributed by atoms with Gasteiger partial charge in [-0.25, -0.2) is 9.97 Å². The van der Waals surface area contributed by atoms with Crippen molar-refractivity contribution in [2.45, 2.75) is 32.1 Å². The predicted octanol–water partition coefficient (Wildman–Crippen LogP) is 3.78. The number of nitriles is 1. The van der Waals surface area contributed by atoms with Crippen LogP contribution in [0.25, 0.3) is 10.9 Å². The summed E-state index contributed by atoms with van der Waals surface area (Å²) in [6.45, 7) is 4.00. The lowest BCUT2D eigenvalue weighted by Gasteiger charge is -2.32. The minimum atomic E-state index is 0.417. The average Bonchev–Trinajstić information content (AvgIpc) is 3.12. The van der Waals surface area contributed by atoms with Gasteiger partial charge in [-0.1, -0.05) is 25.1 Å². The van der Waals surface area contributed by atoms with Gasteiger partial charge in [0.25, 0.3) is 0 Å². The van der Waals surface area contributed by atoms with Gasteiger partial charge in [-0.05, 0) is 36.3 Å². The number of piperidine rings is 1. The number of aromatic amines is 1. The lowest BCUT2D eigenvalue weighted by molar-refractivity contribution is 0.504. The molecular formula is C20H21N5. The van der Waals surface area contributed by atoms with Gasteiger partial charge in [0.15, 0.2) is 11.5 Å². The van der Waals surface area contributed by atoms with E-state index in [-0.39, 0.29) is 0 Å². The first-order valence-corrected chi connectivity index (χ1v) is 8.86. The van der Waals surface area contributed by atoms with Gasteiger partial charge in [0.05, 0.1) is 0 Å². The Morgan fingerprint density at radius 1 is 1.24 bits per heavy atom. The molecule has 3 aromatic rings. The Labute approximate surface area is 147 Å². The van der Waals surface area contributed by atoms with Crippen molar-refractivity contribution in [1.82, 2.24) is 15.0 Å². The van der Waals surface area contributed by atoms with E-state index in [9.17, 15) is 5.26 Å². The van der Waals surface area contributed by atoms with Crippen LogP contribution in [0.4, 0.5) is 5.82 Å². The molecule has 0 unspecified atom stereocenters. The molecule has 0 spiro atoms. The lowest BCUT2D eigenvalue weighted by atomic mass is 9.88. The van der Waals surface area contributed by atoms with Crippen LogP contribution in [0.3, 0.4) is 0 Å². The summed E-state index contributed by atoms with van der Waals surface area (Å²) >= 11 is 0. The first kappa shape index (κ1) is 15.6. The number of hydrogen-bond acceptors (Lipinski definition) is 4. The molecule has 0 radical (unpaired) electrons. The predicted molar refractivity (Wildman–Crippen MR) is 98.6 cm³/mol. The van der Waals surface area contributed by atoms with E-state index in [1.165, 1.54) is 22.0 Å². The maximum Gasteiger partial charge on any atom is 0.183 e. The average molecular weight is 331 g/mol. The first-order valence-electron chi connectivity index (χ1n) is 8.86. The molecule has 1 aliphatic heterocycles. The van der Waals surface area contributed by atoms with E-state index < -0.39 is 0 Å². The molecule has 126 valence electrons. The molecule has 1 aromatic carbocycles. The second-order valence-electron chi connectivity index (χ2n) is 6.54. The molecule has 3 heterocycles. The van der Waals surface area contributed by atoms with Crippen LogP contribution in [0.5, 0.6) is 0 Å². The zero-order valence-corrected chi connectivity index (χ0v) is 14.4. The molecule has 4 rings (SSSR count). The van der Waals surface area contributed by atoms with Gasteiger partial charge in [0, 0.05) is 42.6 Å². The molecule has 0 aliphatic carbocycles. The highest BCUT2D eigenvalue weighted by Gasteiger charge is 2.25. The number of para-hydroxylation sites is 1. The number of H-pyrrole nitrogens is 1. The van der Waals surface area contributed by atoms with Gasteiger partial charge in [-0.15, -0.1) is 0 Å². The van der Waals surface area contributed by atoms with Crippen LogP contribution in [0.1, 0.15) is 42.5 Å². The SMILES string of the molecule is CCc1cccc2c(C3CCN(c4nccnc4C#N)CC3)c[nH]c12. The van der Waals surface area contributed by atoms with Gasteiger partial charge in [-0.2, -0.15) is 5.26 Å².